The molecule has 0 bridgehead atoms. The molecule has 5 nitrogen and oxygen atoms in total. The van der Waals surface area contributed by atoms with Crippen molar-refractivity contribution < 1.29 is 18.7 Å². The number of thiophene rings is 1. The van der Waals surface area contributed by atoms with Crippen LogP contribution in [0.25, 0.3) is 10.1 Å². The number of rotatable bonds is 5. The van der Waals surface area contributed by atoms with Gasteiger partial charge in [0.25, 0.3) is 5.91 Å². The highest BCUT2D eigenvalue weighted by Crippen LogP contribution is 2.33. The molecule has 2 saturated heterocycles. The van der Waals surface area contributed by atoms with Gasteiger partial charge in [-0.05, 0) is 35.9 Å². The largest absolute Gasteiger partial charge is 0.371 e. The van der Waals surface area contributed by atoms with Crippen LogP contribution >= 0.6 is 11.3 Å². The average Bonchev–Trinajstić information content (AvgIpc) is 3.27. The van der Waals surface area contributed by atoms with E-state index in [1.165, 1.54) is 0 Å². The Hall–Kier alpha value is -2.61. The van der Waals surface area contributed by atoms with E-state index in [2.05, 4.69) is 4.90 Å². The fourth-order valence-electron chi connectivity index (χ4n) is 4.93. The van der Waals surface area contributed by atoms with Gasteiger partial charge in [0, 0.05) is 42.9 Å². The summed E-state index contributed by atoms with van der Waals surface area (Å²) in [4.78, 5) is 29.0. The Bertz CT molecular complexity index is 1140. The number of ether oxygens (including phenoxy) is 1. The van der Waals surface area contributed by atoms with Crippen molar-refractivity contribution in [3.63, 3.8) is 0 Å². The second-order valence-corrected chi connectivity index (χ2v) is 10.0. The minimum absolute atomic E-state index is 0.0790. The van der Waals surface area contributed by atoms with Crippen LogP contribution in [0.2, 0.25) is 0 Å². The first-order valence-electron chi connectivity index (χ1n) is 11.4. The van der Waals surface area contributed by atoms with Crippen molar-refractivity contribution in [2.24, 2.45) is 0 Å². The summed E-state index contributed by atoms with van der Waals surface area (Å²) in [6.07, 6.45) is 2.44. The van der Waals surface area contributed by atoms with Crippen LogP contribution in [0.5, 0.6) is 0 Å². The molecule has 0 saturated carbocycles. The molecule has 2 aliphatic rings. The van der Waals surface area contributed by atoms with E-state index >= 15 is 0 Å². The number of piperidine rings is 1. The highest BCUT2D eigenvalue weighted by atomic mass is 32.1. The molecule has 0 atom stereocenters. The highest BCUT2D eigenvalue weighted by molar-refractivity contribution is 7.20. The van der Waals surface area contributed by atoms with E-state index in [9.17, 15) is 14.0 Å². The van der Waals surface area contributed by atoms with E-state index in [4.69, 9.17) is 4.74 Å². The summed E-state index contributed by atoms with van der Waals surface area (Å²) in [6, 6.07) is 15.3. The second kappa shape index (κ2) is 9.33. The Morgan fingerprint density at radius 2 is 1.88 bits per heavy atom. The lowest BCUT2D eigenvalue weighted by Gasteiger charge is -2.47. The number of aldehydes is 1. The van der Waals surface area contributed by atoms with E-state index in [-0.39, 0.29) is 23.7 Å². The number of nitrogens with zero attached hydrogens (tertiary/aromatic N) is 2. The van der Waals surface area contributed by atoms with Crippen LogP contribution in [0.3, 0.4) is 0 Å². The first-order valence-corrected chi connectivity index (χ1v) is 12.2. The minimum Gasteiger partial charge on any atom is -0.371 e. The number of carbonyl (C=O) groups excluding carboxylic acids is 2. The van der Waals surface area contributed by atoms with Gasteiger partial charge in [-0.3, -0.25) is 9.69 Å². The predicted octanol–water partition coefficient (Wildman–Crippen LogP) is 4.29. The van der Waals surface area contributed by atoms with E-state index in [1.807, 2.05) is 41.3 Å². The maximum Gasteiger partial charge on any atom is 0.264 e. The van der Waals surface area contributed by atoms with E-state index < -0.39 is 0 Å². The van der Waals surface area contributed by atoms with Gasteiger partial charge in [0.15, 0.2) is 0 Å². The molecule has 1 spiro atoms. The zero-order valence-electron chi connectivity index (χ0n) is 18.5. The average molecular weight is 467 g/mol. The molecule has 2 aliphatic heterocycles. The maximum atomic E-state index is 14.7. The lowest BCUT2D eigenvalue weighted by Crippen LogP contribution is -2.57. The number of morpholine rings is 1. The van der Waals surface area contributed by atoms with Gasteiger partial charge >= 0.3 is 0 Å². The van der Waals surface area contributed by atoms with Crippen LogP contribution < -0.4 is 0 Å². The number of benzene rings is 2. The molecule has 0 aliphatic carbocycles. The Kier molecular flexibility index (Phi) is 6.27. The highest BCUT2D eigenvalue weighted by Gasteiger charge is 2.41. The zero-order chi connectivity index (χ0) is 22.8. The predicted molar refractivity (Wildman–Crippen MR) is 127 cm³/mol. The lowest BCUT2D eigenvalue weighted by atomic mass is 9.89. The van der Waals surface area contributed by atoms with E-state index in [1.54, 1.807) is 23.5 Å². The Morgan fingerprint density at radius 3 is 2.67 bits per heavy atom. The lowest BCUT2D eigenvalue weighted by molar-refractivity contribution is -0.127. The number of fused-ring (bicyclic) bond motifs is 1. The third kappa shape index (κ3) is 4.58. The van der Waals surface area contributed by atoms with Gasteiger partial charge in [-0.1, -0.05) is 36.4 Å². The van der Waals surface area contributed by atoms with Crippen LogP contribution in [-0.4, -0.2) is 60.4 Å². The van der Waals surface area contributed by atoms with Crippen molar-refractivity contribution in [1.82, 2.24) is 9.80 Å². The second-order valence-electron chi connectivity index (χ2n) is 8.94. The fraction of sp³-hybridized carbons (Fsp3) is 0.385. The Balaban J connectivity index is 1.23. The maximum absolute atomic E-state index is 14.7. The van der Waals surface area contributed by atoms with Crippen LogP contribution in [0.1, 0.15) is 33.6 Å². The molecule has 3 aromatic rings. The minimum atomic E-state index is -0.334. The molecule has 2 aromatic carbocycles. The van der Waals surface area contributed by atoms with Crippen molar-refractivity contribution in [2.45, 2.75) is 31.4 Å². The number of amides is 1. The quantitative estimate of drug-likeness (QED) is 0.527. The number of halogens is 1. The van der Waals surface area contributed by atoms with Gasteiger partial charge in [0.1, 0.15) is 12.1 Å². The third-order valence-electron chi connectivity index (χ3n) is 6.80. The smallest absolute Gasteiger partial charge is 0.264 e. The standard InChI is InChI=1S/C26H27FN2O3S/c27-24-19(8-14-30)5-3-6-21(24)17-28-11-9-26(10-12-28)18-29(13-15-32-26)25(31)23-16-20-4-1-2-7-22(20)33-23/h1-7,14,16H,8-13,15,17-18H2. The van der Waals surface area contributed by atoms with Crippen molar-refractivity contribution in [3.8, 4) is 0 Å². The monoisotopic (exact) mass is 466 g/mol. The molecule has 3 heterocycles. The summed E-state index contributed by atoms with van der Waals surface area (Å²) < 4.78 is 22.0. The number of likely N-dealkylation sites (tertiary alicyclic amines) is 1. The topological polar surface area (TPSA) is 49.9 Å². The molecular formula is C26H27FN2O3S. The normalized spacial score (nSPS) is 18.6. The van der Waals surface area contributed by atoms with Crippen molar-refractivity contribution >= 4 is 33.6 Å². The Morgan fingerprint density at radius 1 is 1.09 bits per heavy atom. The summed E-state index contributed by atoms with van der Waals surface area (Å²) in [5.41, 5.74) is 0.734. The van der Waals surface area contributed by atoms with Gasteiger partial charge in [-0.25, -0.2) is 4.39 Å². The molecule has 2 fully saturated rings. The molecular weight excluding hydrogens is 439 g/mol. The molecule has 7 heteroatoms. The van der Waals surface area contributed by atoms with Gasteiger partial charge in [0.2, 0.25) is 0 Å². The number of carbonyl (C=O) groups is 2. The zero-order valence-corrected chi connectivity index (χ0v) is 19.3. The van der Waals surface area contributed by atoms with Gasteiger partial charge < -0.3 is 14.4 Å². The molecule has 0 N–H and O–H groups in total. The molecule has 0 radical (unpaired) electrons. The summed E-state index contributed by atoms with van der Waals surface area (Å²) >= 11 is 1.54. The summed E-state index contributed by atoms with van der Waals surface area (Å²) in [5.74, 6) is -0.200. The molecule has 172 valence electrons. The Labute approximate surface area is 196 Å². The van der Waals surface area contributed by atoms with Crippen LogP contribution in [0, 0.1) is 5.82 Å². The SMILES string of the molecule is O=CCc1cccc(CN2CCC3(CC2)CN(C(=O)c2cc4ccccc4s2)CCO3)c1F. The van der Waals surface area contributed by atoms with E-state index in [0.29, 0.717) is 37.4 Å². The van der Waals surface area contributed by atoms with Gasteiger partial charge in [-0.15, -0.1) is 11.3 Å². The summed E-state index contributed by atoms with van der Waals surface area (Å²) in [5, 5.41) is 1.10. The molecule has 1 aromatic heterocycles. The molecule has 33 heavy (non-hydrogen) atoms. The van der Waals surface area contributed by atoms with Crippen LogP contribution in [-0.2, 0) is 22.5 Å². The van der Waals surface area contributed by atoms with Crippen LogP contribution in [0.4, 0.5) is 4.39 Å². The molecule has 1 amide bonds. The van der Waals surface area contributed by atoms with Crippen LogP contribution in [0.15, 0.2) is 48.5 Å². The fourth-order valence-corrected chi connectivity index (χ4v) is 5.96. The first kappa shape index (κ1) is 22.2. The van der Waals surface area contributed by atoms with Crippen molar-refractivity contribution in [1.29, 1.82) is 0 Å². The third-order valence-corrected chi connectivity index (χ3v) is 7.90. The van der Waals surface area contributed by atoms with E-state index in [0.717, 1.165) is 47.2 Å². The van der Waals surface area contributed by atoms with Gasteiger partial charge in [-0.2, -0.15) is 0 Å². The summed E-state index contributed by atoms with van der Waals surface area (Å²) in [7, 11) is 0. The molecule has 0 unspecified atom stereocenters. The first-order chi connectivity index (χ1) is 16.1. The van der Waals surface area contributed by atoms with Crippen molar-refractivity contribution in [3.05, 3.63) is 70.4 Å². The number of hydrogen-bond acceptors (Lipinski definition) is 5. The summed E-state index contributed by atoms with van der Waals surface area (Å²) in [6.45, 7) is 3.81. The van der Waals surface area contributed by atoms with Gasteiger partial charge in [0.05, 0.1) is 23.6 Å². The molecule has 5 rings (SSSR count). The number of hydrogen-bond donors (Lipinski definition) is 0. The van der Waals surface area contributed by atoms with Crippen molar-refractivity contribution in [2.75, 3.05) is 32.8 Å².